The van der Waals surface area contributed by atoms with Crippen LogP contribution >= 0.6 is 15.9 Å². The lowest BCUT2D eigenvalue weighted by atomic mass is 10.0. The van der Waals surface area contributed by atoms with Gasteiger partial charge in [0.2, 0.25) is 0 Å². The fourth-order valence-electron chi connectivity index (χ4n) is 1.59. The molecule has 1 unspecified atom stereocenters. The van der Waals surface area contributed by atoms with Gasteiger partial charge in [0, 0.05) is 21.9 Å². The Morgan fingerprint density at radius 3 is 2.53 bits per heavy atom. The van der Waals surface area contributed by atoms with Gasteiger partial charge in [-0.3, -0.25) is 0 Å². The lowest BCUT2D eigenvalue weighted by molar-refractivity contribution is 0.511. The molecule has 15 heavy (non-hydrogen) atoms. The van der Waals surface area contributed by atoms with E-state index in [-0.39, 0.29) is 0 Å². The second kappa shape index (κ2) is 5.40. The molecule has 0 fully saturated rings. The molecule has 0 spiro atoms. The highest BCUT2D eigenvalue weighted by atomic mass is 79.9. The van der Waals surface area contributed by atoms with Gasteiger partial charge in [-0.15, -0.1) is 0 Å². The molecule has 84 valence electrons. The highest BCUT2D eigenvalue weighted by Crippen LogP contribution is 2.26. The van der Waals surface area contributed by atoms with E-state index in [1.165, 1.54) is 0 Å². The van der Waals surface area contributed by atoms with Crippen LogP contribution in [0.25, 0.3) is 0 Å². The number of benzene rings is 1. The zero-order valence-electron chi connectivity index (χ0n) is 9.55. The summed E-state index contributed by atoms with van der Waals surface area (Å²) in [5.41, 5.74) is 7.59. The first kappa shape index (κ1) is 12.4. The van der Waals surface area contributed by atoms with Crippen LogP contribution in [-0.2, 0) is 0 Å². The fraction of sp³-hybridized carbons (Fsp3) is 0.500. The molecular weight excluding hydrogens is 252 g/mol. The maximum absolute atomic E-state index is 5.69. The molecule has 0 saturated heterocycles. The van der Waals surface area contributed by atoms with E-state index in [9.17, 15) is 0 Å². The summed E-state index contributed by atoms with van der Waals surface area (Å²) in [7, 11) is 0. The van der Waals surface area contributed by atoms with Crippen molar-refractivity contribution in [3.8, 4) is 0 Å². The quantitative estimate of drug-likeness (QED) is 0.815. The summed E-state index contributed by atoms with van der Waals surface area (Å²) in [6.07, 6.45) is 1.12. The molecule has 0 radical (unpaired) electrons. The first-order valence-electron chi connectivity index (χ1n) is 5.36. The molecule has 3 N–H and O–H groups in total. The number of hydrogen-bond donors (Lipinski definition) is 2. The summed E-state index contributed by atoms with van der Waals surface area (Å²) >= 11 is 3.51. The zero-order chi connectivity index (χ0) is 11.4. The van der Waals surface area contributed by atoms with Crippen molar-refractivity contribution in [2.24, 2.45) is 5.92 Å². The lowest BCUT2D eigenvalue weighted by Gasteiger charge is -2.22. The van der Waals surface area contributed by atoms with Gasteiger partial charge in [-0.25, -0.2) is 0 Å². The van der Waals surface area contributed by atoms with Crippen molar-refractivity contribution in [1.82, 2.24) is 0 Å². The Morgan fingerprint density at radius 2 is 2.07 bits per heavy atom. The Balaban J connectivity index is 2.79. The predicted octanol–water partition coefficient (Wildman–Crippen LogP) is 3.88. The Labute approximate surface area is 100 Å². The minimum atomic E-state index is 0.505. The maximum atomic E-state index is 5.69. The minimum Gasteiger partial charge on any atom is -0.399 e. The Bertz CT molecular complexity index is 323. The number of halogens is 1. The summed E-state index contributed by atoms with van der Waals surface area (Å²) in [4.78, 5) is 0. The van der Waals surface area contributed by atoms with E-state index >= 15 is 0 Å². The molecule has 0 aliphatic heterocycles. The third-order valence-corrected chi connectivity index (χ3v) is 3.23. The van der Waals surface area contributed by atoms with Crippen molar-refractivity contribution in [3.05, 3.63) is 22.7 Å². The first-order valence-corrected chi connectivity index (χ1v) is 6.15. The lowest BCUT2D eigenvalue weighted by Crippen LogP contribution is -2.24. The van der Waals surface area contributed by atoms with Crippen molar-refractivity contribution in [1.29, 1.82) is 0 Å². The molecule has 0 aliphatic carbocycles. The molecule has 0 aliphatic rings. The zero-order valence-corrected chi connectivity index (χ0v) is 11.1. The van der Waals surface area contributed by atoms with Crippen molar-refractivity contribution in [2.45, 2.75) is 33.2 Å². The predicted molar refractivity (Wildman–Crippen MR) is 71.1 cm³/mol. The SMILES string of the molecule is CCC(Nc1ccc(N)cc1Br)C(C)C. The standard InChI is InChI=1S/C12H19BrN2/c1-4-11(8(2)3)15-12-6-5-9(14)7-10(12)13/h5-8,11,15H,4,14H2,1-3H3. The van der Waals surface area contributed by atoms with E-state index in [2.05, 4.69) is 42.0 Å². The molecule has 0 bridgehead atoms. The van der Waals surface area contributed by atoms with Crippen molar-refractivity contribution in [3.63, 3.8) is 0 Å². The van der Waals surface area contributed by atoms with Gasteiger partial charge in [-0.05, 0) is 46.5 Å². The number of hydrogen-bond acceptors (Lipinski definition) is 2. The number of nitrogens with two attached hydrogens (primary N) is 1. The highest BCUT2D eigenvalue weighted by Gasteiger charge is 2.11. The van der Waals surface area contributed by atoms with Gasteiger partial charge in [0.1, 0.15) is 0 Å². The maximum Gasteiger partial charge on any atom is 0.0488 e. The fourth-order valence-corrected chi connectivity index (χ4v) is 2.10. The van der Waals surface area contributed by atoms with E-state index in [4.69, 9.17) is 5.73 Å². The number of nitrogens with one attached hydrogen (secondary N) is 1. The van der Waals surface area contributed by atoms with Crippen molar-refractivity contribution >= 4 is 27.3 Å². The molecule has 1 rings (SSSR count). The molecule has 2 nitrogen and oxygen atoms in total. The van der Waals surface area contributed by atoms with Crippen LogP contribution in [-0.4, -0.2) is 6.04 Å². The summed E-state index contributed by atoms with van der Waals surface area (Å²) in [6.45, 7) is 6.65. The van der Waals surface area contributed by atoms with E-state index in [0.717, 1.165) is 22.3 Å². The van der Waals surface area contributed by atoms with Crippen LogP contribution in [0.3, 0.4) is 0 Å². The average Bonchev–Trinajstić information content (AvgIpc) is 2.16. The average molecular weight is 271 g/mol. The molecule has 1 aromatic rings. The Morgan fingerprint density at radius 1 is 1.40 bits per heavy atom. The van der Waals surface area contributed by atoms with Crippen molar-refractivity contribution in [2.75, 3.05) is 11.1 Å². The van der Waals surface area contributed by atoms with E-state index in [0.29, 0.717) is 12.0 Å². The third-order valence-electron chi connectivity index (χ3n) is 2.58. The number of anilines is 2. The van der Waals surface area contributed by atoms with Crippen LogP contribution < -0.4 is 11.1 Å². The monoisotopic (exact) mass is 270 g/mol. The van der Waals surface area contributed by atoms with Gasteiger partial charge in [0.15, 0.2) is 0 Å². The van der Waals surface area contributed by atoms with Crippen LogP contribution in [0.2, 0.25) is 0 Å². The Kier molecular flexibility index (Phi) is 4.45. The van der Waals surface area contributed by atoms with E-state index in [1.807, 2.05) is 18.2 Å². The van der Waals surface area contributed by atoms with Crippen LogP contribution in [0.1, 0.15) is 27.2 Å². The van der Waals surface area contributed by atoms with Gasteiger partial charge >= 0.3 is 0 Å². The summed E-state index contributed by atoms with van der Waals surface area (Å²) < 4.78 is 1.03. The third kappa shape index (κ3) is 3.42. The van der Waals surface area contributed by atoms with Crippen LogP contribution in [0.4, 0.5) is 11.4 Å². The number of rotatable bonds is 4. The molecule has 0 heterocycles. The van der Waals surface area contributed by atoms with Crippen LogP contribution in [0.15, 0.2) is 22.7 Å². The van der Waals surface area contributed by atoms with Gasteiger partial charge in [-0.2, -0.15) is 0 Å². The second-order valence-electron chi connectivity index (χ2n) is 4.14. The second-order valence-corrected chi connectivity index (χ2v) is 5.00. The molecule has 1 atom stereocenters. The first-order chi connectivity index (χ1) is 7.04. The normalized spacial score (nSPS) is 12.9. The molecule has 0 saturated carbocycles. The minimum absolute atomic E-state index is 0.505. The topological polar surface area (TPSA) is 38.0 Å². The van der Waals surface area contributed by atoms with Crippen LogP contribution in [0.5, 0.6) is 0 Å². The highest BCUT2D eigenvalue weighted by molar-refractivity contribution is 9.10. The summed E-state index contributed by atoms with van der Waals surface area (Å²) in [5.74, 6) is 0.624. The van der Waals surface area contributed by atoms with E-state index in [1.54, 1.807) is 0 Å². The van der Waals surface area contributed by atoms with Gasteiger partial charge < -0.3 is 11.1 Å². The molecule has 1 aromatic carbocycles. The molecule has 3 heteroatoms. The molecule has 0 amide bonds. The Hall–Kier alpha value is -0.700. The van der Waals surface area contributed by atoms with E-state index < -0.39 is 0 Å². The van der Waals surface area contributed by atoms with Crippen molar-refractivity contribution < 1.29 is 0 Å². The summed E-state index contributed by atoms with van der Waals surface area (Å²) in [6, 6.07) is 6.37. The van der Waals surface area contributed by atoms with Gasteiger partial charge in [0.25, 0.3) is 0 Å². The van der Waals surface area contributed by atoms with Gasteiger partial charge in [0.05, 0.1) is 0 Å². The number of nitrogen functional groups attached to an aromatic ring is 1. The summed E-state index contributed by atoms with van der Waals surface area (Å²) in [5, 5.41) is 3.52. The molecule has 0 aromatic heterocycles. The van der Waals surface area contributed by atoms with Crippen LogP contribution in [0, 0.1) is 5.92 Å². The largest absolute Gasteiger partial charge is 0.399 e. The molecular formula is C12H19BrN2. The van der Waals surface area contributed by atoms with Gasteiger partial charge in [-0.1, -0.05) is 20.8 Å². The smallest absolute Gasteiger partial charge is 0.0488 e.